The summed E-state index contributed by atoms with van der Waals surface area (Å²) in [6, 6.07) is 7.18. The maximum atomic E-state index is 12.7. The van der Waals surface area contributed by atoms with Gasteiger partial charge in [-0.2, -0.15) is 16.1 Å². The van der Waals surface area contributed by atoms with Crippen molar-refractivity contribution in [1.82, 2.24) is 9.62 Å². The zero-order valence-corrected chi connectivity index (χ0v) is 14.9. The first kappa shape index (κ1) is 18.5. The van der Waals surface area contributed by atoms with Gasteiger partial charge in [0.05, 0.1) is 4.90 Å². The Hall–Kier alpha value is -0.560. The first-order valence-electron chi connectivity index (χ1n) is 7.20. The molecule has 6 heteroatoms. The first-order chi connectivity index (χ1) is 9.93. The molecule has 1 aromatic rings. The van der Waals surface area contributed by atoms with Crippen molar-refractivity contribution in [2.24, 2.45) is 0 Å². The van der Waals surface area contributed by atoms with Crippen molar-refractivity contribution in [2.45, 2.75) is 37.8 Å². The van der Waals surface area contributed by atoms with Crippen LogP contribution in [0.2, 0.25) is 0 Å². The fourth-order valence-corrected chi connectivity index (χ4v) is 4.00. The van der Waals surface area contributed by atoms with Crippen molar-refractivity contribution in [3.05, 3.63) is 29.8 Å². The van der Waals surface area contributed by atoms with E-state index in [0.29, 0.717) is 11.4 Å². The van der Waals surface area contributed by atoms with E-state index in [0.717, 1.165) is 24.3 Å². The minimum Gasteiger partial charge on any atom is -0.313 e. The molecule has 1 unspecified atom stereocenters. The monoisotopic (exact) mass is 330 g/mol. The summed E-state index contributed by atoms with van der Waals surface area (Å²) in [5.74, 6) is 0.960. The Bertz CT molecular complexity index is 532. The molecule has 0 amide bonds. The summed E-state index contributed by atoms with van der Waals surface area (Å²) < 4.78 is 26.8. The van der Waals surface area contributed by atoms with Crippen LogP contribution in [-0.2, 0) is 16.6 Å². The Morgan fingerprint density at radius 2 is 2.10 bits per heavy atom. The van der Waals surface area contributed by atoms with Crippen LogP contribution in [0.4, 0.5) is 0 Å². The Morgan fingerprint density at radius 1 is 1.38 bits per heavy atom. The highest BCUT2D eigenvalue weighted by Gasteiger charge is 2.25. The van der Waals surface area contributed by atoms with Crippen LogP contribution in [-0.4, -0.2) is 44.4 Å². The molecule has 0 bridgehead atoms. The quantitative estimate of drug-likeness (QED) is 0.756. The molecule has 0 aromatic heterocycles. The predicted molar refractivity (Wildman–Crippen MR) is 91.2 cm³/mol. The molecule has 21 heavy (non-hydrogen) atoms. The molecule has 0 spiro atoms. The summed E-state index contributed by atoms with van der Waals surface area (Å²) in [4.78, 5) is 0.372. The normalized spacial score (nSPS) is 13.6. The maximum Gasteiger partial charge on any atom is 0.243 e. The smallest absolute Gasteiger partial charge is 0.243 e. The average molecular weight is 331 g/mol. The van der Waals surface area contributed by atoms with E-state index in [2.05, 4.69) is 5.32 Å². The lowest BCUT2D eigenvalue weighted by atomic mass is 10.2. The van der Waals surface area contributed by atoms with E-state index in [1.807, 2.05) is 26.2 Å². The van der Waals surface area contributed by atoms with Crippen molar-refractivity contribution >= 4 is 21.8 Å². The summed E-state index contributed by atoms with van der Waals surface area (Å²) in [5, 5.41) is 3.21. The molecule has 0 fully saturated rings. The lowest BCUT2D eigenvalue weighted by Gasteiger charge is -2.24. The van der Waals surface area contributed by atoms with Crippen LogP contribution >= 0.6 is 11.8 Å². The molecule has 1 rings (SSSR count). The molecule has 0 aliphatic heterocycles. The highest BCUT2D eigenvalue weighted by atomic mass is 32.2. The molecule has 120 valence electrons. The average Bonchev–Trinajstić information content (AvgIpc) is 2.50. The zero-order chi connectivity index (χ0) is 15.9. The third kappa shape index (κ3) is 5.29. The van der Waals surface area contributed by atoms with E-state index in [4.69, 9.17) is 0 Å². The van der Waals surface area contributed by atoms with E-state index in [-0.39, 0.29) is 6.04 Å². The van der Waals surface area contributed by atoms with Crippen LogP contribution in [0.3, 0.4) is 0 Å². The molecule has 0 saturated carbocycles. The number of nitrogens with one attached hydrogen (secondary N) is 1. The van der Waals surface area contributed by atoms with Crippen molar-refractivity contribution in [2.75, 3.05) is 25.6 Å². The molecule has 1 N–H and O–H groups in total. The van der Waals surface area contributed by atoms with Gasteiger partial charge in [-0.25, -0.2) is 8.42 Å². The summed E-state index contributed by atoms with van der Waals surface area (Å²) in [6.07, 6.45) is 2.89. The van der Waals surface area contributed by atoms with Gasteiger partial charge in [-0.05, 0) is 49.6 Å². The summed E-state index contributed by atoms with van der Waals surface area (Å²) in [6.45, 7) is 5.53. The van der Waals surface area contributed by atoms with Gasteiger partial charge in [0.15, 0.2) is 0 Å². The molecule has 1 aromatic carbocycles. The van der Waals surface area contributed by atoms with Gasteiger partial charge in [0.2, 0.25) is 10.0 Å². The van der Waals surface area contributed by atoms with E-state index in [9.17, 15) is 8.42 Å². The predicted octanol–water partition coefficient (Wildman–Crippen LogP) is 2.56. The highest BCUT2D eigenvalue weighted by molar-refractivity contribution is 7.98. The topological polar surface area (TPSA) is 49.4 Å². The van der Waals surface area contributed by atoms with Crippen LogP contribution in [0.1, 0.15) is 25.8 Å². The molecule has 4 nitrogen and oxygen atoms in total. The highest BCUT2D eigenvalue weighted by Crippen LogP contribution is 2.19. The number of benzene rings is 1. The SMILES string of the molecule is CCNCc1cccc(S(=O)(=O)N(C)C(C)CCSC)c1. The first-order valence-corrected chi connectivity index (χ1v) is 10.0. The zero-order valence-electron chi connectivity index (χ0n) is 13.3. The van der Waals surface area contributed by atoms with E-state index >= 15 is 0 Å². The molecule has 0 aliphatic carbocycles. The fraction of sp³-hybridized carbons (Fsp3) is 0.600. The third-order valence-corrected chi connectivity index (χ3v) is 6.13. The van der Waals surface area contributed by atoms with Crippen molar-refractivity contribution in [1.29, 1.82) is 0 Å². The van der Waals surface area contributed by atoms with Gasteiger partial charge in [0.1, 0.15) is 0 Å². The number of rotatable bonds is 9. The molecular weight excluding hydrogens is 304 g/mol. The van der Waals surface area contributed by atoms with Gasteiger partial charge in [-0.3, -0.25) is 0 Å². The minimum absolute atomic E-state index is 0.000118. The van der Waals surface area contributed by atoms with Gasteiger partial charge < -0.3 is 5.32 Å². The van der Waals surface area contributed by atoms with Crippen molar-refractivity contribution in [3.8, 4) is 0 Å². The molecule has 0 saturated heterocycles. The standard InChI is InChI=1S/C15H26N2O2S2/c1-5-16-12-14-7-6-8-15(11-14)21(18,19)17(3)13(2)9-10-20-4/h6-8,11,13,16H,5,9-10,12H2,1-4H3. The number of sulfonamides is 1. The van der Waals surface area contributed by atoms with Crippen LogP contribution in [0.15, 0.2) is 29.2 Å². The van der Waals surface area contributed by atoms with Crippen LogP contribution in [0.5, 0.6) is 0 Å². The largest absolute Gasteiger partial charge is 0.313 e. The number of nitrogens with zero attached hydrogens (tertiary/aromatic N) is 1. The molecule has 0 aliphatic rings. The number of thioether (sulfide) groups is 1. The fourth-order valence-electron chi connectivity index (χ4n) is 1.96. The Morgan fingerprint density at radius 3 is 2.71 bits per heavy atom. The van der Waals surface area contributed by atoms with E-state index in [1.165, 1.54) is 4.31 Å². The Balaban J connectivity index is 2.91. The van der Waals surface area contributed by atoms with Gasteiger partial charge >= 0.3 is 0 Å². The van der Waals surface area contributed by atoms with Gasteiger partial charge in [-0.15, -0.1) is 0 Å². The van der Waals surface area contributed by atoms with E-state index in [1.54, 1.807) is 37.0 Å². The summed E-state index contributed by atoms with van der Waals surface area (Å²) in [5.41, 5.74) is 0.989. The molecule has 1 atom stereocenters. The summed E-state index contributed by atoms with van der Waals surface area (Å²) >= 11 is 1.74. The second-order valence-electron chi connectivity index (χ2n) is 5.08. The van der Waals surface area contributed by atoms with Gasteiger partial charge in [-0.1, -0.05) is 19.1 Å². The van der Waals surface area contributed by atoms with E-state index < -0.39 is 10.0 Å². The van der Waals surface area contributed by atoms with Gasteiger partial charge in [0, 0.05) is 19.6 Å². The van der Waals surface area contributed by atoms with Gasteiger partial charge in [0.25, 0.3) is 0 Å². The Kier molecular flexibility index (Phi) is 7.73. The molecular formula is C15H26N2O2S2. The number of hydrogen-bond acceptors (Lipinski definition) is 4. The lowest BCUT2D eigenvalue weighted by Crippen LogP contribution is -2.35. The number of hydrogen-bond donors (Lipinski definition) is 1. The van der Waals surface area contributed by atoms with Crippen LogP contribution in [0, 0.1) is 0 Å². The third-order valence-electron chi connectivity index (χ3n) is 3.52. The van der Waals surface area contributed by atoms with Crippen LogP contribution in [0.25, 0.3) is 0 Å². The van der Waals surface area contributed by atoms with Crippen molar-refractivity contribution in [3.63, 3.8) is 0 Å². The lowest BCUT2D eigenvalue weighted by molar-refractivity contribution is 0.382. The molecule has 0 radical (unpaired) electrons. The van der Waals surface area contributed by atoms with Crippen molar-refractivity contribution < 1.29 is 8.42 Å². The Labute approximate surface area is 133 Å². The second kappa shape index (κ2) is 8.78. The maximum absolute atomic E-state index is 12.7. The summed E-state index contributed by atoms with van der Waals surface area (Å²) in [7, 11) is -1.76. The second-order valence-corrected chi connectivity index (χ2v) is 8.06. The molecule has 0 heterocycles. The minimum atomic E-state index is -3.42. The van der Waals surface area contributed by atoms with Crippen LogP contribution < -0.4 is 5.32 Å².